The Kier molecular flexibility index (Phi) is 6.76. The van der Waals surface area contributed by atoms with E-state index in [4.69, 9.17) is 4.74 Å². The molecule has 2 aromatic carbocycles. The molecule has 0 atom stereocenters. The summed E-state index contributed by atoms with van der Waals surface area (Å²) in [6.45, 7) is 5.94. The topological polar surface area (TPSA) is 104 Å². The number of carbonyl (C=O) groups excluding carboxylic acids is 2. The summed E-state index contributed by atoms with van der Waals surface area (Å²) in [6.07, 6.45) is 2.82. The van der Waals surface area contributed by atoms with E-state index in [-0.39, 0.29) is 18.8 Å². The first-order chi connectivity index (χ1) is 14.8. The van der Waals surface area contributed by atoms with Crippen molar-refractivity contribution >= 4 is 45.2 Å². The number of nitro groups is 1. The van der Waals surface area contributed by atoms with Crippen LogP contribution in [0.5, 0.6) is 0 Å². The Labute approximate surface area is 182 Å². The number of esters is 1. The third-order valence-corrected chi connectivity index (χ3v) is 5.66. The number of carbonyl (C=O) groups is 2. The zero-order chi connectivity index (χ0) is 22.5. The van der Waals surface area contributed by atoms with E-state index >= 15 is 0 Å². The summed E-state index contributed by atoms with van der Waals surface area (Å²) in [4.78, 5) is 39.4. The number of fused-ring (bicyclic) bond motifs is 1. The number of nitrogens with zero attached hydrogens (tertiary/aromatic N) is 3. The molecule has 0 saturated carbocycles. The van der Waals surface area contributed by atoms with Gasteiger partial charge in [0.1, 0.15) is 6.54 Å². The summed E-state index contributed by atoms with van der Waals surface area (Å²) >= 11 is 1.32. The third-order valence-electron chi connectivity index (χ3n) is 4.62. The molecule has 0 unspecified atom stereocenters. The van der Waals surface area contributed by atoms with E-state index < -0.39 is 16.8 Å². The van der Waals surface area contributed by atoms with Crippen molar-refractivity contribution < 1.29 is 19.2 Å². The summed E-state index contributed by atoms with van der Waals surface area (Å²) in [5.41, 5.74) is 3.60. The van der Waals surface area contributed by atoms with Crippen molar-refractivity contribution in [2.45, 2.75) is 27.3 Å². The number of hydrogen-bond acceptors (Lipinski definition) is 6. The van der Waals surface area contributed by atoms with Gasteiger partial charge in [0, 0.05) is 18.2 Å². The maximum Gasteiger partial charge on any atom is 0.326 e. The van der Waals surface area contributed by atoms with Crippen LogP contribution in [-0.4, -0.2) is 28.0 Å². The highest BCUT2D eigenvalue weighted by Crippen LogP contribution is 2.22. The third kappa shape index (κ3) is 5.32. The number of amides is 1. The lowest BCUT2D eigenvalue weighted by atomic mass is 10.1. The molecule has 9 heteroatoms. The first-order valence-corrected chi connectivity index (χ1v) is 10.4. The van der Waals surface area contributed by atoms with Crippen molar-refractivity contribution in [1.82, 2.24) is 4.57 Å². The van der Waals surface area contributed by atoms with Gasteiger partial charge in [-0.1, -0.05) is 11.3 Å². The second kappa shape index (κ2) is 9.48. The van der Waals surface area contributed by atoms with Crippen molar-refractivity contribution in [3.63, 3.8) is 0 Å². The molecular weight excluding hydrogens is 418 g/mol. The van der Waals surface area contributed by atoms with Gasteiger partial charge >= 0.3 is 5.97 Å². The van der Waals surface area contributed by atoms with E-state index in [1.807, 2.05) is 26.0 Å². The van der Waals surface area contributed by atoms with Crippen molar-refractivity contribution in [3.8, 4) is 0 Å². The van der Waals surface area contributed by atoms with E-state index in [1.165, 1.54) is 35.6 Å². The number of rotatable bonds is 6. The second-order valence-electron chi connectivity index (χ2n) is 6.81. The Morgan fingerprint density at radius 3 is 2.52 bits per heavy atom. The summed E-state index contributed by atoms with van der Waals surface area (Å²) in [5.74, 6) is -0.910. The molecule has 0 aliphatic carbocycles. The molecule has 0 bridgehead atoms. The summed E-state index contributed by atoms with van der Waals surface area (Å²) in [5, 5.41) is 10.7. The van der Waals surface area contributed by atoms with Crippen LogP contribution in [-0.2, 0) is 20.9 Å². The Balaban J connectivity index is 1.96. The molecule has 0 fully saturated rings. The summed E-state index contributed by atoms with van der Waals surface area (Å²) in [6, 6.07) is 9.81. The average Bonchev–Trinajstić information content (AvgIpc) is 3.03. The predicted molar refractivity (Wildman–Crippen MR) is 119 cm³/mol. The fourth-order valence-corrected chi connectivity index (χ4v) is 4.02. The number of ether oxygens (including phenoxy) is 1. The number of thiazole rings is 1. The maximum absolute atomic E-state index is 12.5. The van der Waals surface area contributed by atoms with Crippen molar-refractivity contribution in [2.24, 2.45) is 4.99 Å². The average molecular weight is 439 g/mol. The molecule has 1 amide bonds. The number of nitro benzene ring substituents is 1. The number of aromatic nitrogens is 1. The minimum Gasteiger partial charge on any atom is -0.465 e. The van der Waals surface area contributed by atoms with Crippen LogP contribution in [0.2, 0.25) is 0 Å². The first kappa shape index (κ1) is 22.1. The van der Waals surface area contributed by atoms with Gasteiger partial charge in [0.25, 0.3) is 11.6 Å². The molecule has 3 rings (SSSR count). The molecule has 0 aliphatic heterocycles. The Hall–Kier alpha value is -3.59. The molecular formula is C22H21N3O5S. The standard InChI is InChI=1S/C22H21N3O5S/c1-4-30-21(27)13-24-18-11-14(2)15(3)12-19(18)31-22(24)23-20(26)10-7-16-5-8-17(9-6-16)25(28)29/h5-12H,4,13H2,1-3H3. The lowest BCUT2D eigenvalue weighted by Gasteiger charge is -2.06. The molecule has 1 heterocycles. The molecule has 8 nitrogen and oxygen atoms in total. The van der Waals surface area contributed by atoms with Gasteiger partial charge in [0.2, 0.25) is 0 Å². The monoisotopic (exact) mass is 439 g/mol. The van der Waals surface area contributed by atoms with Crippen LogP contribution in [0.3, 0.4) is 0 Å². The van der Waals surface area contributed by atoms with Gasteiger partial charge in [-0.05, 0) is 67.8 Å². The quantitative estimate of drug-likeness (QED) is 0.250. The van der Waals surface area contributed by atoms with Crippen LogP contribution in [0.4, 0.5) is 5.69 Å². The van der Waals surface area contributed by atoms with E-state index in [2.05, 4.69) is 4.99 Å². The largest absolute Gasteiger partial charge is 0.465 e. The minimum atomic E-state index is -0.504. The molecule has 1 aromatic heterocycles. The first-order valence-electron chi connectivity index (χ1n) is 9.56. The van der Waals surface area contributed by atoms with E-state index in [0.717, 1.165) is 21.3 Å². The van der Waals surface area contributed by atoms with Crippen molar-refractivity contribution in [2.75, 3.05) is 6.61 Å². The van der Waals surface area contributed by atoms with Gasteiger partial charge in [-0.2, -0.15) is 4.99 Å². The fourth-order valence-electron chi connectivity index (χ4n) is 2.90. The molecule has 0 N–H and O–H groups in total. The minimum absolute atomic E-state index is 0.0240. The van der Waals surface area contributed by atoms with Crippen LogP contribution >= 0.6 is 11.3 Å². The van der Waals surface area contributed by atoms with Crippen LogP contribution in [0.25, 0.3) is 16.3 Å². The van der Waals surface area contributed by atoms with Crippen LogP contribution in [0, 0.1) is 24.0 Å². The Bertz CT molecular complexity index is 1250. The lowest BCUT2D eigenvalue weighted by Crippen LogP contribution is -2.22. The predicted octanol–water partition coefficient (Wildman–Crippen LogP) is 3.93. The number of hydrogen-bond donors (Lipinski definition) is 0. The highest BCUT2D eigenvalue weighted by atomic mass is 32.1. The number of non-ortho nitro benzene ring substituents is 1. The summed E-state index contributed by atoms with van der Waals surface area (Å²) in [7, 11) is 0. The van der Waals surface area contributed by atoms with Crippen LogP contribution < -0.4 is 4.80 Å². The molecule has 0 saturated heterocycles. The van der Waals surface area contributed by atoms with Gasteiger partial charge < -0.3 is 9.30 Å². The fraction of sp³-hybridized carbons (Fsp3) is 0.227. The Morgan fingerprint density at radius 1 is 1.19 bits per heavy atom. The number of aryl methyl sites for hydroxylation is 2. The molecule has 160 valence electrons. The SMILES string of the molecule is CCOC(=O)Cn1c(=NC(=O)C=Cc2ccc([N+](=O)[O-])cc2)sc2cc(C)c(C)cc21. The normalized spacial score (nSPS) is 11.9. The zero-order valence-electron chi connectivity index (χ0n) is 17.3. The molecule has 3 aromatic rings. The van der Waals surface area contributed by atoms with Crippen LogP contribution in [0.1, 0.15) is 23.6 Å². The smallest absolute Gasteiger partial charge is 0.326 e. The summed E-state index contributed by atoms with van der Waals surface area (Å²) < 4.78 is 7.66. The van der Waals surface area contributed by atoms with Crippen LogP contribution in [0.15, 0.2) is 47.5 Å². The molecule has 0 radical (unpaired) electrons. The van der Waals surface area contributed by atoms with E-state index in [0.29, 0.717) is 10.4 Å². The van der Waals surface area contributed by atoms with Gasteiger partial charge in [0.15, 0.2) is 4.80 Å². The van der Waals surface area contributed by atoms with Gasteiger partial charge in [-0.3, -0.25) is 19.7 Å². The highest BCUT2D eigenvalue weighted by Gasteiger charge is 2.13. The highest BCUT2D eigenvalue weighted by molar-refractivity contribution is 7.16. The van der Waals surface area contributed by atoms with Gasteiger partial charge in [-0.15, -0.1) is 0 Å². The van der Waals surface area contributed by atoms with Gasteiger partial charge in [0.05, 0.1) is 21.7 Å². The maximum atomic E-state index is 12.5. The second-order valence-corrected chi connectivity index (χ2v) is 7.82. The lowest BCUT2D eigenvalue weighted by molar-refractivity contribution is -0.384. The molecule has 31 heavy (non-hydrogen) atoms. The molecule has 0 aliphatic rings. The zero-order valence-corrected chi connectivity index (χ0v) is 18.1. The number of benzene rings is 2. The van der Waals surface area contributed by atoms with Crippen molar-refractivity contribution in [1.29, 1.82) is 0 Å². The van der Waals surface area contributed by atoms with Crippen molar-refractivity contribution in [3.05, 3.63) is 74.1 Å². The molecule has 0 spiro atoms. The van der Waals surface area contributed by atoms with E-state index in [9.17, 15) is 19.7 Å². The van der Waals surface area contributed by atoms with Gasteiger partial charge in [-0.25, -0.2) is 0 Å². The Morgan fingerprint density at radius 2 is 1.87 bits per heavy atom. The van der Waals surface area contributed by atoms with E-state index in [1.54, 1.807) is 23.6 Å².